The summed E-state index contributed by atoms with van der Waals surface area (Å²) >= 11 is 0. The molecule has 0 spiro atoms. The number of aromatic nitrogens is 4. The number of fused-ring (bicyclic) bond motifs is 3. The second-order valence-electron chi connectivity index (χ2n) is 13.6. The maximum absolute atomic E-state index is 6.55. The van der Waals surface area contributed by atoms with E-state index in [4.69, 9.17) is 9.72 Å². The van der Waals surface area contributed by atoms with E-state index >= 15 is 0 Å². The zero-order valence-electron chi connectivity index (χ0n) is 26.9. The monoisotopic (exact) mass is 783 g/mol. The molecule has 0 fully saturated rings. The Morgan fingerprint density at radius 1 is 0.674 bits per heavy atom. The molecule has 0 unspecified atom stereocenters. The molecule has 5 nitrogen and oxygen atoms in total. The molecule has 0 amide bonds. The maximum atomic E-state index is 6.55. The molecule has 0 saturated carbocycles. The molecule has 7 aromatic rings. The Balaban J connectivity index is 0.00000372. The van der Waals surface area contributed by atoms with Gasteiger partial charge in [0.2, 0.25) is 0 Å². The first kappa shape index (κ1) is 31.5. The Kier molecular flexibility index (Phi) is 8.25. The maximum Gasteiger partial charge on any atom is 4.00 e. The topological polar surface area (TPSA) is 44.9 Å². The van der Waals surface area contributed by atoms with E-state index in [0.29, 0.717) is 11.5 Å². The van der Waals surface area contributed by atoms with Crippen LogP contribution >= 0.6 is 0 Å². The standard InChI is InChI=1S/C40H36N4O.Pt/c1-39(2,3)29-18-19-41-38(22-29)44-36-15-11-10-14-34(36)35-17-16-32(24-37(35)44)45-33-21-30(40(4,5)6)20-31(23-33)43-26-28(25-42-43)27-12-8-7-9-13-27;/h7-22,25-26H,1-6H3;/q-2;+4. The third-order valence-electron chi connectivity index (χ3n) is 8.25. The van der Waals surface area contributed by atoms with Crippen molar-refractivity contribution in [2.24, 2.45) is 0 Å². The Bertz CT molecular complexity index is 2160. The summed E-state index contributed by atoms with van der Waals surface area (Å²) in [4.78, 5) is 4.80. The summed E-state index contributed by atoms with van der Waals surface area (Å²) in [5.74, 6) is 2.08. The van der Waals surface area contributed by atoms with E-state index in [1.165, 1.54) is 5.56 Å². The SMILES string of the molecule is CC(C)(C)c1cc(Oc2[c-]c3c(cc2)c2ccccc2n3-c2cc(C(C)(C)C)ccn2)[c-]c(-n2cc(-c3ccccc3)cn2)c1.[Pt+4]. The number of para-hydroxylation sites is 1. The van der Waals surface area contributed by atoms with Crippen molar-refractivity contribution < 1.29 is 25.8 Å². The molecule has 0 aliphatic heterocycles. The average Bonchev–Trinajstić information content (AvgIpc) is 3.64. The first-order chi connectivity index (χ1) is 21.5. The summed E-state index contributed by atoms with van der Waals surface area (Å²) < 4.78 is 10.6. The predicted octanol–water partition coefficient (Wildman–Crippen LogP) is 10.0. The van der Waals surface area contributed by atoms with Crippen LogP contribution in [-0.2, 0) is 31.9 Å². The third kappa shape index (κ3) is 6.04. The van der Waals surface area contributed by atoms with Gasteiger partial charge in [0.1, 0.15) is 5.82 Å². The fraction of sp³-hybridized carbons (Fsp3) is 0.200. The van der Waals surface area contributed by atoms with E-state index in [9.17, 15) is 0 Å². The number of rotatable bonds is 5. The van der Waals surface area contributed by atoms with Gasteiger partial charge in [0.15, 0.2) is 0 Å². The molecule has 7 rings (SSSR count). The molecule has 4 aromatic carbocycles. The first-order valence-corrected chi connectivity index (χ1v) is 15.3. The predicted molar refractivity (Wildman–Crippen MR) is 183 cm³/mol. The van der Waals surface area contributed by atoms with E-state index < -0.39 is 0 Å². The molecular formula is C40H36N4OPt+2. The minimum absolute atomic E-state index is 0. The van der Waals surface area contributed by atoms with Crippen LogP contribution in [0.2, 0.25) is 0 Å². The van der Waals surface area contributed by atoms with E-state index in [1.807, 2.05) is 47.5 Å². The number of hydrogen-bond donors (Lipinski definition) is 0. The van der Waals surface area contributed by atoms with Crippen LogP contribution in [0.4, 0.5) is 0 Å². The molecule has 3 heterocycles. The van der Waals surface area contributed by atoms with Crippen LogP contribution in [0.25, 0.3) is 44.4 Å². The minimum atomic E-state index is -0.110. The summed E-state index contributed by atoms with van der Waals surface area (Å²) in [6.45, 7) is 13.3. The van der Waals surface area contributed by atoms with Gasteiger partial charge in [-0.3, -0.25) is 4.68 Å². The van der Waals surface area contributed by atoms with Gasteiger partial charge in [0.25, 0.3) is 0 Å². The molecule has 0 N–H and O–H groups in total. The van der Waals surface area contributed by atoms with Crippen LogP contribution in [0.1, 0.15) is 52.7 Å². The van der Waals surface area contributed by atoms with E-state index in [-0.39, 0.29) is 31.9 Å². The van der Waals surface area contributed by atoms with Crippen molar-refractivity contribution in [1.82, 2.24) is 19.3 Å². The fourth-order valence-electron chi connectivity index (χ4n) is 5.67. The van der Waals surface area contributed by atoms with Crippen LogP contribution < -0.4 is 4.74 Å². The smallest absolute Gasteiger partial charge is 0.509 e. The van der Waals surface area contributed by atoms with Crippen molar-refractivity contribution in [3.63, 3.8) is 0 Å². The van der Waals surface area contributed by atoms with Gasteiger partial charge >= 0.3 is 21.1 Å². The molecule has 6 heteroatoms. The molecule has 0 saturated heterocycles. The van der Waals surface area contributed by atoms with Crippen LogP contribution in [-0.4, -0.2) is 19.3 Å². The zero-order valence-corrected chi connectivity index (χ0v) is 29.2. The zero-order chi connectivity index (χ0) is 31.3. The van der Waals surface area contributed by atoms with Gasteiger partial charge in [0.05, 0.1) is 6.20 Å². The Morgan fingerprint density at radius 3 is 2.17 bits per heavy atom. The molecule has 230 valence electrons. The molecule has 3 aromatic heterocycles. The van der Waals surface area contributed by atoms with Crippen molar-refractivity contribution in [1.29, 1.82) is 0 Å². The van der Waals surface area contributed by atoms with E-state index in [0.717, 1.165) is 50.0 Å². The third-order valence-corrected chi connectivity index (χ3v) is 8.25. The van der Waals surface area contributed by atoms with Gasteiger partial charge in [-0.15, -0.1) is 41.3 Å². The second-order valence-corrected chi connectivity index (χ2v) is 13.6. The van der Waals surface area contributed by atoms with Crippen molar-refractivity contribution >= 4 is 21.8 Å². The minimum Gasteiger partial charge on any atom is -0.509 e. The molecule has 0 atom stereocenters. The number of pyridine rings is 1. The van der Waals surface area contributed by atoms with Crippen LogP contribution in [0.15, 0.2) is 110 Å². The van der Waals surface area contributed by atoms with E-state index in [1.54, 1.807) is 0 Å². The summed E-state index contributed by atoms with van der Waals surface area (Å²) in [5.41, 5.74) is 7.21. The fourth-order valence-corrected chi connectivity index (χ4v) is 5.67. The molecule has 0 aliphatic carbocycles. The summed E-state index contributed by atoms with van der Waals surface area (Å²) in [6, 6.07) is 38.3. The van der Waals surface area contributed by atoms with Gasteiger partial charge in [-0.25, -0.2) is 4.98 Å². The second kappa shape index (κ2) is 12.0. The van der Waals surface area contributed by atoms with Gasteiger partial charge < -0.3 is 9.30 Å². The Morgan fingerprint density at radius 2 is 1.41 bits per heavy atom. The molecule has 0 radical (unpaired) electrons. The normalized spacial score (nSPS) is 12.0. The Hall–Kier alpha value is -4.47. The van der Waals surface area contributed by atoms with Crippen LogP contribution in [0.3, 0.4) is 0 Å². The van der Waals surface area contributed by atoms with Gasteiger partial charge in [-0.05, 0) is 51.2 Å². The number of hydrogen-bond acceptors (Lipinski definition) is 3. The molecular weight excluding hydrogens is 748 g/mol. The van der Waals surface area contributed by atoms with Gasteiger partial charge in [-0.2, -0.15) is 11.2 Å². The molecule has 46 heavy (non-hydrogen) atoms. The average molecular weight is 784 g/mol. The number of ether oxygens (including phenoxy) is 1. The van der Waals surface area contributed by atoms with Crippen molar-refractivity contribution in [2.75, 3.05) is 0 Å². The van der Waals surface area contributed by atoms with Crippen LogP contribution in [0.5, 0.6) is 11.5 Å². The van der Waals surface area contributed by atoms with Gasteiger partial charge in [0, 0.05) is 35.0 Å². The number of nitrogens with zero attached hydrogens (tertiary/aromatic N) is 4. The Labute approximate surface area is 285 Å². The summed E-state index contributed by atoms with van der Waals surface area (Å²) in [6.07, 6.45) is 5.81. The summed E-state index contributed by atoms with van der Waals surface area (Å²) in [5, 5.41) is 6.92. The largest absolute Gasteiger partial charge is 4.00 e. The molecule has 0 bridgehead atoms. The van der Waals surface area contributed by atoms with Crippen molar-refractivity contribution in [3.05, 3.63) is 133 Å². The number of benzene rings is 4. The van der Waals surface area contributed by atoms with Crippen molar-refractivity contribution in [2.45, 2.75) is 52.4 Å². The summed E-state index contributed by atoms with van der Waals surface area (Å²) in [7, 11) is 0. The first-order valence-electron chi connectivity index (χ1n) is 15.3. The van der Waals surface area contributed by atoms with Gasteiger partial charge in [-0.1, -0.05) is 95.6 Å². The molecule has 0 aliphatic rings. The van der Waals surface area contributed by atoms with E-state index in [2.05, 4.69) is 130 Å². The quantitative estimate of drug-likeness (QED) is 0.163. The van der Waals surface area contributed by atoms with Crippen molar-refractivity contribution in [3.8, 4) is 34.1 Å². The van der Waals surface area contributed by atoms with Crippen LogP contribution in [0, 0.1) is 12.1 Å².